The van der Waals surface area contributed by atoms with Crippen LogP contribution in [0.4, 0.5) is 0 Å². The van der Waals surface area contributed by atoms with E-state index in [-0.39, 0.29) is 12.5 Å². The summed E-state index contributed by atoms with van der Waals surface area (Å²) in [6.07, 6.45) is 0. The van der Waals surface area contributed by atoms with Crippen LogP contribution in [-0.2, 0) is 0 Å². The number of fused-ring (bicyclic) bond motifs is 3. The van der Waals surface area contributed by atoms with Crippen molar-refractivity contribution in [3.63, 3.8) is 0 Å². The van der Waals surface area contributed by atoms with E-state index in [1.807, 2.05) is 24.3 Å². The van der Waals surface area contributed by atoms with Crippen LogP contribution in [0.1, 0.15) is 10.5 Å². The predicted molar refractivity (Wildman–Crippen MR) is 88.4 cm³/mol. The van der Waals surface area contributed by atoms with E-state index in [1.165, 1.54) is 0 Å². The molecular formula is C18H14N2O4. The molecule has 1 aliphatic rings. The van der Waals surface area contributed by atoms with Gasteiger partial charge < -0.3 is 19.9 Å². The maximum absolute atomic E-state index is 11.6. The number of pyridine rings is 1. The SMILES string of the molecule is COc1ccc(-c2cc(C(N)=O)nc3ccc4c(c23)OCO4)cc1. The second kappa shape index (κ2) is 5.42. The van der Waals surface area contributed by atoms with Crippen molar-refractivity contribution in [2.45, 2.75) is 0 Å². The third-order valence-electron chi connectivity index (χ3n) is 3.96. The first-order valence-electron chi connectivity index (χ1n) is 7.35. The lowest BCUT2D eigenvalue weighted by atomic mass is 9.99. The Morgan fingerprint density at radius 1 is 1.17 bits per heavy atom. The van der Waals surface area contributed by atoms with E-state index >= 15 is 0 Å². The lowest BCUT2D eigenvalue weighted by Crippen LogP contribution is -2.13. The zero-order valence-corrected chi connectivity index (χ0v) is 12.9. The number of carbonyl (C=O) groups excluding carboxylic acids is 1. The molecule has 0 aliphatic carbocycles. The Balaban J connectivity index is 2.03. The molecule has 2 heterocycles. The summed E-state index contributed by atoms with van der Waals surface area (Å²) < 4.78 is 16.3. The maximum atomic E-state index is 11.6. The lowest BCUT2D eigenvalue weighted by molar-refractivity contribution is 0.0996. The molecule has 0 unspecified atom stereocenters. The molecule has 1 amide bonds. The number of hydrogen-bond donors (Lipinski definition) is 1. The summed E-state index contributed by atoms with van der Waals surface area (Å²) in [5, 5.41) is 0.792. The van der Waals surface area contributed by atoms with Gasteiger partial charge in [0.25, 0.3) is 5.91 Å². The molecule has 6 nitrogen and oxygen atoms in total. The summed E-state index contributed by atoms with van der Waals surface area (Å²) in [7, 11) is 1.61. The van der Waals surface area contributed by atoms with Crippen molar-refractivity contribution in [2.75, 3.05) is 13.9 Å². The smallest absolute Gasteiger partial charge is 0.267 e. The van der Waals surface area contributed by atoms with Crippen LogP contribution in [-0.4, -0.2) is 24.8 Å². The Morgan fingerprint density at radius 2 is 1.96 bits per heavy atom. The first kappa shape index (κ1) is 14.3. The Kier molecular flexibility index (Phi) is 3.23. The van der Waals surface area contributed by atoms with Crippen molar-refractivity contribution in [3.05, 3.63) is 48.2 Å². The molecule has 0 spiro atoms. The second-order valence-electron chi connectivity index (χ2n) is 5.34. The van der Waals surface area contributed by atoms with E-state index in [2.05, 4.69) is 4.98 Å². The summed E-state index contributed by atoms with van der Waals surface area (Å²) in [5.74, 6) is 1.45. The molecule has 0 atom stereocenters. The van der Waals surface area contributed by atoms with Crippen LogP contribution in [0.15, 0.2) is 42.5 Å². The summed E-state index contributed by atoms with van der Waals surface area (Å²) >= 11 is 0. The molecule has 4 rings (SSSR count). The van der Waals surface area contributed by atoms with E-state index in [9.17, 15) is 4.79 Å². The zero-order valence-electron chi connectivity index (χ0n) is 12.9. The number of carbonyl (C=O) groups is 1. The minimum Gasteiger partial charge on any atom is -0.497 e. The molecule has 24 heavy (non-hydrogen) atoms. The number of primary amides is 1. The summed E-state index contributed by atoms with van der Waals surface area (Å²) in [4.78, 5) is 16.0. The van der Waals surface area contributed by atoms with Crippen molar-refractivity contribution in [1.82, 2.24) is 4.98 Å². The number of rotatable bonds is 3. The van der Waals surface area contributed by atoms with Crippen LogP contribution in [0.2, 0.25) is 0 Å². The highest BCUT2D eigenvalue weighted by atomic mass is 16.7. The minimum atomic E-state index is -0.579. The van der Waals surface area contributed by atoms with Gasteiger partial charge in [-0.25, -0.2) is 4.98 Å². The van der Waals surface area contributed by atoms with Crippen molar-refractivity contribution in [1.29, 1.82) is 0 Å². The van der Waals surface area contributed by atoms with Gasteiger partial charge in [0.2, 0.25) is 6.79 Å². The average molecular weight is 322 g/mol. The third-order valence-corrected chi connectivity index (χ3v) is 3.96. The van der Waals surface area contributed by atoms with E-state index in [1.54, 1.807) is 25.3 Å². The Labute approximate surface area is 137 Å². The molecular weight excluding hydrogens is 308 g/mol. The van der Waals surface area contributed by atoms with E-state index in [4.69, 9.17) is 19.9 Å². The molecule has 0 fully saturated rings. The van der Waals surface area contributed by atoms with Crippen LogP contribution in [0, 0.1) is 0 Å². The fraction of sp³-hybridized carbons (Fsp3) is 0.111. The van der Waals surface area contributed by atoms with Crippen molar-refractivity contribution >= 4 is 16.8 Å². The Morgan fingerprint density at radius 3 is 2.67 bits per heavy atom. The monoisotopic (exact) mass is 322 g/mol. The lowest BCUT2D eigenvalue weighted by Gasteiger charge is -2.11. The molecule has 0 radical (unpaired) electrons. The standard InChI is InChI=1S/C18H14N2O4/c1-22-11-4-2-10(3-5-11)12-8-14(18(19)21)20-13-6-7-15-17(16(12)13)24-9-23-15/h2-8H,9H2,1H3,(H2,19,21). The molecule has 1 aromatic heterocycles. The Bertz CT molecular complexity index is 951. The number of benzene rings is 2. The first-order chi connectivity index (χ1) is 11.7. The third kappa shape index (κ3) is 2.20. The molecule has 0 saturated carbocycles. The first-order valence-corrected chi connectivity index (χ1v) is 7.35. The number of hydrogen-bond acceptors (Lipinski definition) is 5. The van der Waals surface area contributed by atoms with Crippen LogP contribution >= 0.6 is 0 Å². The molecule has 2 N–H and O–H groups in total. The molecule has 3 aromatic rings. The van der Waals surface area contributed by atoms with Gasteiger partial charge in [0.1, 0.15) is 11.4 Å². The fourth-order valence-corrected chi connectivity index (χ4v) is 2.81. The van der Waals surface area contributed by atoms with Gasteiger partial charge in [-0.3, -0.25) is 4.79 Å². The summed E-state index contributed by atoms with van der Waals surface area (Å²) in [5.41, 5.74) is 7.96. The maximum Gasteiger partial charge on any atom is 0.267 e. The Hall–Kier alpha value is -3.28. The number of nitrogens with two attached hydrogens (primary N) is 1. The van der Waals surface area contributed by atoms with Gasteiger partial charge in [0.05, 0.1) is 18.0 Å². The predicted octanol–water partition coefficient (Wildman–Crippen LogP) is 2.74. The highest BCUT2D eigenvalue weighted by Gasteiger charge is 2.22. The summed E-state index contributed by atoms with van der Waals surface area (Å²) in [6.45, 7) is 0.161. The van der Waals surface area contributed by atoms with E-state index < -0.39 is 5.91 Å². The fourth-order valence-electron chi connectivity index (χ4n) is 2.81. The molecule has 1 aliphatic heterocycles. The van der Waals surface area contributed by atoms with Gasteiger partial charge in [-0.15, -0.1) is 0 Å². The molecule has 0 saturated heterocycles. The van der Waals surface area contributed by atoms with Crippen molar-refractivity contribution in [3.8, 4) is 28.4 Å². The van der Waals surface area contributed by atoms with Crippen LogP contribution in [0.3, 0.4) is 0 Å². The number of ether oxygens (including phenoxy) is 3. The quantitative estimate of drug-likeness (QED) is 0.801. The zero-order chi connectivity index (χ0) is 16.7. The second-order valence-corrected chi connectivity index (χ2v) is 5.34. The van der Waals surface area contributed by atoms with Gasteiger partial charge in [-0.1, -0.05) is 12.1 Å². The van der Waals surface area contributed by atoms with Gasteiger partial charge in [-0.05, 0) is 41.5 Å². The van der Waals surface area contributed by atoms with Crippen LogP contribution < -0.4 is 19.9 Å². The van der Waals surface area contributed by atoms with Gasteiger partial charge in [0.15, 0.2) is 11.5 Å². The molecule has 6 heteroatoms. The van der Waals surface area contributed by atoms with E-state index in [0.717, 1.165) is 22.3 Å². The highest BCUT2D eigenvalue weighted by molar-refractivity contribution is 6.04. The van der Waals surface area contributed by atoms with Crippen LogP contribution in [0.5, 0.6) is 17.2 Å². The van der Waals surface area contributed by atoms with Crippen LogP contribution in [0.25, 0.3) is 22.0 Å². The van der Waals surface area contributed by atoms with Gasteiger partial charge in [0, 0.05) is 0 Å². The molecule has 0 bridgehead atoms. The number of nitrogens with zero attached hydrogens (tertiary/aromatic N) is 1. The number of amides is 1. The minimum absolute atomic E-state index is 0.161. The number of aromatic nitrogens is 1. The van der Waals surface area contributed by atoms with E-state index in [0.29, 0.717) is 17.0 Å². The largest absolute Gasteiger partial charge is 0.497 e. The van der Waals surface area contributed by atoms with Gasteiger partial charge >= 0.3 is 0 Å². The summed E-state index contributed by atoms with van der Waals surface area (Å²) in [6, 6.07) is 12.8. The van der Waals surface area contributed by atoms with Crippen molar-refractivity contribution < 1.29 is 19.0 Å². The highest BCUT2D eigenvalue weighted by Crippen LogP contribution is 2.43. The number of methoxy groups -OCH3 is 1. The normalized spacial score (nSPS) is 12.4. The average Bonchev–Trinajstić information content (AvgIpc) is 3.09. The van der Waals surface area contributed by atoms with Crippen molar-refractivity contribution in [2.24, 2.45) is 5.73 Å². The molecule has 2 aromatic carbocycles. The van der Waals surface area contributed by atoms with Gasteiger partial charge in [-0.2, -0.15) is 0 Å². The molecule has 120 valence electrons. The topological polar surface area (TPSA) is 83.7 Å².